The number of amides is 1. The van der Waals surface area contributed by atoms with Crippen molar-refractivity contribution in [3.63, 3.8) is 0 Å². The number of carbonyl (C=O) groups excluding carboxylic acids is 1. The number of nitrogens with zero attached hydrogens (tertiary/aromatic N) is 1. The summed E-state index contributed by atoms with van der Waals surface area (Å²) in [7, 11) is -3.81. The molecule has 9 heteroatoms. The van der Waals surface area contributed by atoms with E-state index in [1.165, 1.54) is 12.3 Å². The van der Waals surface area contributed by atoms with E-state index in [-0.39, 0.29) is 11.6 Å². The van der Waals surface area contributed by atoms with E-state index in [2.05, 4.69) is 15.0 Å². The Hall–Kier alpha value is -1.71. The highest BCUT2D eigenvalue weighted by Gasteiger charge is 2.23. The summed E-state index contributed by atoms with van der Waals surface area (Å²) < 4.78 is 31.3. The van der Waals surface area contributed by atoms with Crippen molar-refractivity contribution >= 4 is 16.1 Å². The summed E-state index contributed by atoms with van der Waals surface area (Å²) in [6.07, 6.45) is -0.449. The molecule has 1 heterocycles. The maximum absolute atomic E-state index is 12.0. The second-order valence-electron chi connectivity index (χ2n) is 6.02. The van der Waals surface area contributed by atoms with Gasteiger partial charge in [0.2, 0.25) is 0 Å². The predicted octanol–water partition coefficient (Wildman–Crippen LogP) is 0.634. The average Bonchev–Trinajstić information content (AvgIpc) is 2.43. The van der Waals surface area contributed by atoms with Crippen LogP contribution in [0.2, 0.25) is 0 Å². The third kappa shape index (κ3) is 6.93. The Morgan fingerprint density at radius 1 is 1.39 bits per heavy atom. The minimum absolute atomic E-state index is 0.139. The highest BCUT2D eigenvalue weighted by Crippen LogP contribution is 2.07. The summed E-state index contributed by atoms with van der Waals surface area (Å²) in [5, 5.41) is 12.3. The number of sulfonamides is 1. The van der Waals surface area contributed by atoms with Gasteiger partial charge in [-0.3, -0.25) is 0 Å². The fourth-order valence-electron chi connectivity index (χ4n) is 1.54. The number of hydrogen-bond donors (Lipinski definition) is 3. The maximum atomic E-state index is 12.0. The zero-order valence-corrected chi connectivity index (χ0v) is 14.4. The van der Waals surface area contributed by atoms with Gasteiger partial charge in [0.1, 0.15) is 5.60 Å². The minimum Gasteiger partial charge on any atom is -0.444 e. The molecule has 1 aromatic heterocycles. The first-order valence-corrected chi connectivity index (χ1v) is 8.58. The summed E-state index contributed by atoms with van der Waals surface area (Å²) >= 11 is 0. The SMILES string of the molecule is C[C@H](NC(=O)OC(C)(C)C)[C@@H](O)CNS(=O)(=O)c1ccccn1. The topological polar surface area (TPSA) is 118 Å². The average molecular weight is 345 g/mol. The van der Waals surface area contributed by atoms with Crippen molar-refractivity contribution < 1.29 is 23.1 Å². The molecule has 0 aromatic carbocycles. The van der Waals surface area contributed by atoms with Crippen molar-refractivity contribution in [2.45, 2.75) is 50.5 Å². The Labute approximate surface area is 136 Å². The molecule has 0 radical (unpaired) electrons. The maximum Gasteiger partial charge on any atom is 0.407 e. The summed E-state index contributed by atoms with van der Waals surface area (Å²) in [4.78, 5) is 15.3. The number of rotatable bonds is 6. The highest BCUT2D eigenvalue weighted by molar-refractivity contribution is 7.89. The minimum atomic E-state index is -3.81. The Bertz CT molecular complexity index is 613. The van der Waals surface area contributed by atoms with E-state index < -0.39 is 33.9 Å². The van der Waals surface area contributed by atoms with Gasteiger partial charge in [0, 0.05) is 12.7 Å². The van der Waals surface area contributed by atoms with Crippen LogP contribution in [0.5, 0.6) is 0 Å². The Morgan fingerprint density at radius 3 is 2.57 bits per heavy atom. The van der Waals surface area contributed by atoms with Gasteiger partial charge >= 0.3 is 6.09 Å². The van der Waals surface area contributed by atoms with Crippen LogP contribution >= 0.6 is 0 Å². The van der Waals surface area contributed by atoms with Crippen molar-refractivity contribution in [1.29, 1.82) is 0 Å². The fourth-order valence-corrected chi connectivity index (χ4v) is 2.54. The van der Waals surface area contributed by atoms with Gasteiger partial charge in [-0.05, 0) is 39.8 Å². The smallest absolute Gasteiger partial charge is 0.407 e. The van der Waals surface area contributed by atoms with Gasteiger partial charge in [0.05, 0.1) is 12.1 Å². The standard InChI is InChI=1S/C14H23N3O5S/c1-10(17-13(19)22-14(2,3)4)11(18)9-16-23(20,21)12-7-5-6-8-15-12/h5-8,10-11,16,18H,9H2,1-4H3,(H,17,19)/t10-,11-/m0/s1. The van der Waals surface area contributed by atoms with Crippen molar-refractivity contribution in [2.75, 3.05) is 6.54 Å². The van der Waals surface area contributed by atoms with E-state index in [0.717, 1.165) is 0 Å². The number of aliphatic hydroxyl groups excluding tert-OH is 1. The first-order chi connectivity index (χ1) is 10.5. The number of pyridine rings is 1. The molecule has 3 N–H and O–H groups in total. The van der Waals surface area contributed by atoms with Crippen molar-refractivity contribution in [2.24, 2.45) is 0 Å². The number of nitrogens with one attached hydrogen (secondary N) is 2. The fraction of sp³-hybridized carbons (Fsp3) is 0.571. The molecule has 2 atom stereocenters. The number of alkyl carbamates (subject to hydrolysis) is 1. The zero-order chi connectivity index (χ0) is 17.7. The lowest BCUT2D eigenvalue weighted by atomic mass is 10.2. The quantitative estimate of drug-likeness (QED) is 0.696. The zero-order valence-electron chi connectivity index (χ0n) is 13.6. The van der Waals surface area contributed by atoms with Crippen LogP contribution in [0.15, 0.2) is 29.4 Å². The molecule has 1 aromatic rings. The Kier molecular flexibility index (Phi) is 6.48. The van der Waals surface area contributed by atoms with Crippen molar-refractivity contribution in [1.82, 2.24) is 15.0 Å². The summed E-state index contributed by atoms with van der Waals surface area (Å²) in [5.41, 5.74) is -0.657. The van der Waals surface area contributed by atoms with Crippen LogP contribution in [0, 0.1) is 0 Å². The molecule has 130 valence electrons. The summed E-state index contributed by atoms with van der Waals surface area (Å²) in [6, 6.07) is 3.79. The number of ether oxygens (including phenoxy) is 1. The first-order valence-electron chi connectivity index (χ1n) is 7.09. The number of aliphatic hydroxyl groups is 1. The van der Waals surface area contributed by atoms with E-state index in [1.807, 2.05) is 0 Å². The predicted molar refractivity (Wildman–Crippen MR) is 84.3 cm³/mol. The lowest BCUT2D eigenvalue weighted by molar-refractivity contribution is 0.0441. The van der Waals surface area contributed by atoms with Crippen LogP contribution in [0.3, 0.4) is 0 Å². The first kappa shape index (κ1) is 19.3. The molecule has 0 spiro atoms. The molecular weight excluding hydrogens is 322 g/mol. The Balaban J connectivity index is 2.53. The normalized spacial score (nSPS) is 14.8. The van der Waals surface area contributed by atoms with Gasteiger partial charge < -0.3 is 15.2 Å². The third-order valence-corrected chi connectivity index (χ3v) is 4.06. The van der Waals surface area contributed by atoms with E-state index in [1.54, 1.807) is 39.8 Å². The summed E-state index contributed by atoms with van der Waals surface area (Å²) in [5.74, 6) is 0. The van der Waals surface area contributed by atoms with E-state index in [4.69, 9.17) is 4.74 Å². The number of hydrogen-bond acceptors (Lipinski definition) is 6. The molecule has 0 fully saturated rings. The third-order valence-electron chi connectivity index (χ3n) is 2.72. The highest BCUT2D eigenvalue weighted by atomic mass is 32.2. The van der Waals surface area contributed by atoms with Gasteiger partial charge in [-0.1, -0.05) is 6.07 Å². The molecule has 0 aliphatic carbocycles. The van der Waals surface area contributed by atoms with Crippen LogP contribution < -0.4 is 10.0 Å². The van der Waals surface area contributed by atoms with Crippen molar-refractivity contribution in [3.8, 4) is 0 Å². The van der Waals surface area contributed by atoms with Gasteiger partial charge in [-0.2, -0.15) is 0 Å². The second-order valence-corrected chi connectivity index (χ2v) is 7.74. The molecule has 23 heavy (non-hydrogen) atoms. The lowest BCUT2D eigenvalue weighted by Crippen LogP contribution is -2.47. The molecule has 0 unspecified atom stereocenters. The molecule has 0 aliphatic heterocycles. The number of aromatic nitrogens is 1. The van der Waals surface area contributed by atoms with Crippen molar-refractivity contribution in [3.05, 3.63) is 24.4 Å². The molecule has 0 bridgehead atoms. The summed E-state index contributed by atoms with van der Waals surface area (Å²) in [6.45, 7) is 6.43. The molecule has 0 saturated heterocycles. The van der Waals surface area contributed by atoms with Gasteiger partial charge in [-0.15, -0.1) is 0 Å². The van der Waals surface area contributed by atoms with Gasteiger partial charge in [0.25, 0.3) is 10.0 Å². The van der Waals surface area contributed by atoms with Crippen LogP contribution in [0.4, 0.5) is 4.79 Å². The van der Waals surface area contributed by atoms with Crippen LogP contribution in [0.1, 0.15) is 27.7 Å². The molecule has 8 nitrogen and oxygen atoms in total. The molecule has 1 rings (SSSR count). The Morgan fingerprint density at radius 2 is 2.04 bits per heavy atom. The van der Waals surface area contributed by atoms with Crippen LogP contribution in [-0.2, 0) is 14.8 Å². The molecule has 0 saturated carbocycles. The largest absolute Gasteiger partial charge is 0.444 e. The molecular formula is C14H23N3O5S. The molecule has 1 amide bonds. The van der Waals surface area contributed by atoms with Crippen LogP contribution in [0.25, 0.3) is 0 Å². The number of carbonyl (C=O) groups is 1. The molecule has 0 aliphatic rings. The van der Waals surface area contributed by atoms with Crippen LogP contribution in [-0.4, -0.2) is 48.9 Å². The van der Waals surface area contributed by atoms with E-state index >= 15 is 0 Å². The van der Waals surface area contributed by atoms with Gasteiger partial charge in [0.15, 0.2) is 5.03 Å². The van der Waals surface area contributed by atoms with E-state index in [9.17, 15) is 18.3 Å². The second kappa shape index (κ2) is 7.71. The lowest BCUT2D eigenvalue weighted by Gasteiger charge is -2.24. The monoisotopic (exact) mass is 345 g/mol. The van der Waals surface area contributed by atoms with E-state index in [0.29, 0.717) is 0 Å². The van der Waals surface area contributed by atoms with Gasteiger partial charge in [-0.25, -0.2) is 22.9 Å².